The Morgan fingerprint density at radius 2 is 1.84 bits per heavy atom. The highest BCUT2D eigenvalue weighted by Gasteiger charge is 2.20. The predicted octanol–water partition coefficient (Wildman–Crippen LogP) is 4.61. The number of nitrogens with one attached hydrogen (secondary N) is 2. The van der Waals surface area contributed by atoms with Gasteiger partial charge in [0.2, 0.25) is 0 Å². The highest BCUT2D eigenvalue weighted by molar-refractivity contribution is 5.98. The van der Waals surface area contributed by atoms with E-state index in [4.69, 9.17) is 4.74 Å². The maximum absolute atomic E-state index is 14.2. The van der Waals surface area contributed by atoms with Crippen molar-refractivity contribution in [2.45, 2.75) is 13.5 Å². The van der Waals surface area contributed by atoms with Crippen molar-refractivity contribution >= 4 is 11.8 Å². The number of H-pyrrole nitrogens is 1. The number of benzene rings is 2. The molecule has 0 fully saturated rings. The van der Waals surface area contributed by atoms with Crippen LogP contribution >= 0.6 is 0 Å². The number of carbonyl (C=O) groups is 1. The van der Waals surface area contributed by atoms with E-state index in [0.29, 0.717) is 29.2 Å². The molecule has 0 aliphatic carbocycles. The minimum atomic E-state index is -0.482. The van der Waals surface area contributed by atoms with E-state index in [1.807, 2.05) is 30.3 Å². The number of anilines is 1. The van der Waals surface area contributed by atoms with Gasteiger partial charge in [-0.05, 0) is 30.7 Å². The number of esters is 1. The van der Waals surface area contributed by atoms with Crippen LogP contribution in [0.4, 0.5) is 10.2 Å². The highest BCUT2D eigenvalue weighted by atomic mass is 19.1. The topological polar surface area (TPSA) is 54.1 Å². The molecule has 4 nitrogen and oxygen atoms in total. The van der Waals surface area contributed by atoms with Crippen LogP contribution in [0.3, 0.4) is 0 Å². The molecule has 3 aromatic rings. The second-order valence-corrected chi connectivity index (χ2v) is 5.51. The highest BCUT2D eigenvalue weighted by Crippen LogP contribution is 2.29. The third-order valence-electron chi connectivity index (χ3n) is 3.78. The summed E-state index contributed by atoms with van der Waals surface area (Å²) in [5, 5.41) is 3.22. The SMILES string of the molecule is CCOC(=O)c1cc(NCc2ccccc2)[nH]c1-c1ccccc1F. The Kier molecular flexibility index (Phi) is 5.14. The molecular weight excluding hydrogens is 319 g/mol. The number of ether oxygens (including phenoxy) is 1. The lowest BCUT2D eigenvalue weighted by molar-refractivity contribution is 0.0527. The lowest BCUT2D eigenvalue weighted by Gasteiger charge is -2.05. The van der Waals surface area contributed by atoms with E-state index in [1.54, 1.807) is 31.2 Å². The first kappa shape index (κ1) is 16.8. The molecule has 0 saturated heterocycles. The Bertz CT molecular complexity index is 859. The number of aromatic nitrogens is 1. The molecule has 0 spiro atoms. The summed E-state index contributed by atoms with van der Waals surface area (Å²) in [6.07, 6.45) is 0. The zero-order valence-electron chi connectivity index (χ0n) is 13.9. The van der Waals surface area contributed by atoms with Crippen LogP contribution in [0.1, 0.15) is 22.8 Å². The number of halogens is 1. The fourth-order valence-corrected chi connectivity index (χ4v) is 2.59. The summed E-state index contributed by atoms with van der Waals surface area (Å²) in [6.45, 7) is 2.58. The predicted molar refractivity (Wildman–Crippen MR) is 95.9 cm³/mol. The van der Waals surface area contributed by atoms with E-state index in [-0.39, 0.29) is 6.61 Å². The van der Waals surface area contributed by atoms with Gasteiger partial charge in [0.15, 0.2) is 0 Å². The van der Waals surface area contributed by atoms with E-state index in [2.05, 4.69) is 10.3 Å². The van der Waals surface area contributed by atoms with E-state index in [0.717, 1.165) is 5.56 Å². The Hall–Kier alpha value is -3.08. The molecule has 3 rings (SSSR count). The van der Waals surface area contributed by atoms with Crippen LogP contribution < -0.4 is 5.32 Å². The number of carbonyl (C=O) groups excluding carboxylic acids is 1. The molecule has 2 N–H and O–H groups in total. The monoisotopic (exact) mass is 338 g/mol. The quantitative estimate of drug-likeness (QED) is 0.645. The molecule has 0 aliphatic heterocycles. The average molecular weight is 338 g/mol. The number of rotatable bonds is 6. The zero-order chi connectivity index (χ0) is 17.6. The third-order valence-corrected chi connectivity index (χ3v) is 3.78. The lowest BCUT2D eigenvalue weighted by atomic mass is 10.1. The Balaban J connectivity index is 1.91. The molecule has 128 valence electrons. The van der Waals surface area contributed by atoms with Gasteiger partial charge in [-0.25, -0.2) is 9.18 Å². The molecule has 0 unspecified atom stereocenters. The number of aromatic amines is 1. The molecule has 2 aromatic carbocycles. The Morgan fingerprint density at radius 1 is 1.12 bits per heavy atom. The van der Waals surface area contributed by atoms with E-state index < -0.39 is 11.8 Å². The van der Waals surface area contributed by atoms with Crippen LogP contribution in [0.25, 0.3) is 11.3 Å². The van der Waals surface area contributed by atoms with Gasteiger partial charge in [-0.15, -0.1) is 0 Å². The summed E-state index contributed by atoms with van der Waals surface area (Å²) in [4.78, 5) is 15.3. The fourth-order valence-electron chi connectivity index (χ4n) is 2.59. The third kappa shape index (κ3) is 3.88. The summed E-state index contributed by atoms with van der Waals surface area (Å²) in [6, 6.07) is 17.9. The maximum Gasteiger partial charge on any atom is 0.340 e. The number of hydrogen-bond donors (Lipinski definition) is 2. The summed E-state index contributed by atoms with van der Waals surface area (Å²) < 4.78 is 19.3. The zero-order valence-corrected chi connectivity index (χ0v) is 13.9. The van der Waals surface area contributed by atoms with Crippen LogP contribution in [0.2, 0.25) is 0 Å². The number of hydrogen-bond acceptors (Lipinski definition) is 3. The lowest BCUT2D eigenvalue weighted by Crippen LogP contribution is -2.05. The summed E-state index contributed by atoms with van der Waals surface area (Å²) in [7, 11) is 0. The smallest absolute Gasteiger partial charge is 0.340 e. The molecule has 1 heterocycles. The van der Waals surface area contributed by atoms with Crippen molar-refractivity contribution in [1.82, 2.24) is 4.98 Å². The van der Waals surface area contributed by atoms with Crippen LogP contribution in [0.5, 0.6) is 0 Å². The first-order valence-corrected chi connectivity index (χ1v) is 8.12. The standard InChI is InChI=1S/C20H19FN2O2/c1-2-25-20(24)16-12-18(22-13-14-8-4-3-5-9-14)23-19(16)15-10-6-7-11-17(15)21/h3-12,22-23H,2,13H2,1H3. The first-order valence-electron chi connectivity index (χ1n) is 8.12. The summed E-state index contributed by atoms with van der Waals surface area (Å²) in [5.74, 6) is -0.251. The van der Waals surface area contributed by atoms with Crippen molar-refractivity contribution in [3.63, 3.8) is 0 Å². The summed E-state index contributed by atoms with van der Waals surface area (Å²) >= 11 is 0. The molecule has 0 radical (unpaired) electrons. The van der Waals surface area contributed by atoms with Gasteiger partial charge in [-0.2, -0.15) is 0 Å². The van der Waals surface area contributed by atoms with Gasteiger partial charge >= 0.3 is 5.97 Å². The van der Waals surface area contributed by atoms with Crippen LogP contribution in [0, 0.1) is 5.82 Å². The van der Waals surface area contributed by atoms with Gasteiger partial charge in [-0.3, -0.25) is 0 Å². The van der Waals surface area contributed by atoms with Crippen LogP contribution in [-0.2, 0) is 11.3 Å². The molecule has 5 heteroatoms. The summed E-state index contributed by atoms with van der Waals surface area (Å²) in [5.41, 5.74) is 2.15. The fraction of sp³-hybridized carbons (Fsp3) is 0.150. The molecule has 0 atom stereocenters. The average Bonchev–Trinajstić information content (AvgIpc) is 3.06. The van der Waals surface area contributed by atoms with Gasteiger partial charge in [0.05, 0.1) is 17.9 Å². The van der Waals surface area contributed by atoms with E-state index in [1.165, 1.54) is 6.07 Å². The maximum atomic E-state index is 14.2. The second kappa shape index (κ2) is 7.66. The van der Waals surface area contributed by atoms with Gasteiger partial charge in [-0.1, -0.05) is 42.5 Å². The van der Waals surface area contributed by atoms with Crippen molar-refractivity contribution in [2.75, 3.05) is 11.9 Å². The molecule has 0 aliphatic rings. The second-order valence-electron chi connectivity index (χ2n) is 5.51. The molecular formula is C20H19FN2O2. The van der Waals surface area contributed by atoms with Crippen molar-refractivity contribution < 1.29 is 13.9 Å². The normalized spacial score (nSPS) is 10.5. The minimum absolute atomic E-state index is 0.257. The first-order chi connectivity index (χ1) is 12.2. The van der Waals surface area contributed by atoms with E-state index >= 15 is 0 Å². The van der Waals surface area contributed by atoms with E-state index in [9.17, 15) is 9.18 Å². The van der Waals surface area contributed by atoms with Crippen LogP contribution in [-0.4, -0.2) is 17.6 Å². The van der Waals surface area contributed by atoms with Gasteiger partial charge < -0.3 is 15.0 Å². The van der Waals surface area contributed by atoms with Crippen molar-refractivity contribution in [1.29, 1.82) is 0 Å². The Labute approximate surface area is 145 Å². The molecule has 0 bridgehead atoms. The van der Waals surface area contributed by atoms with Crippen molar-refractivity contribution in [2.24, 2.45) is 0 Å². The van der Waals surface area contributed by atoms with Crippen molar-refractivity contribution in [3.05, 3.63) is 77.6 Å². The molecule has 0 amide bonds. The van der Waals surface area contributed by atoms with Gasteiger partial charge in [0.1, 0.15) is 11.6 Å². The van der Waals surface area contributed by atoms with Crippen LogP contribution in [0.15, 0.2) is 60.7 Å². The largest absolute Gasteiger partial charge is 0.462 e. The molecule has 0 saturated carbocycles. The Morgan fingerprint density at radius 3 is 2.56 bits per heavy atom. The minimum Gasteiger partial charge on any atom is -0.462 e. The van der Waals surface area contributed by atoms with Crippen molar-refractivity contribution in [3.8, 4) is 11.3 Å². The van der Waals surface area contributed by atoms with Gasteiger partial charge in [0, 0.05) is 12.1 Å². The van der Waals surface area contributed by atoms with Gasteiger partial charge in [0.25, 0.3) is 0 Å². The molecule has 25 heavy (non-hydrogen) atoms. The molecule has 1 aromatic heterocycles.